The van der Waals surface area contributed by atoms with Crippen LogP contribution in [0.25, 0.3) is 0 Å². The second kappa shape index (κ2) is 25.7. The number of amides is 1. The van der Waals surface area contributed by atoms with Gasteiger partial charge >= 0.3 is 11.9 Å². The van der Waals surface area contributed by atoms with E-state index < -0.39 is 36.5 Å². The predicted octanol–water partition coefficient (Wildman–Crippen LogP) is 5.66. The average Bonchev–Trinajstić information content (AvgIpc) is 2.88. The molecule has 0 heterocycles. The summed E-state index contributed by atoms with van der Waals surface area (Å²) in [6.07, 6.45) is 23.6. The number of hydrogen-bond acceptors (Lipinski definition) is 6. The molecule has 222 valence electrons. The minimum absolute atomic E-state index is 0.108. The van der Waals surface area contributed by atoms with Crippen molar-refractivity contribution in [1.29, 1.82) is 0 Å². The molecule has 38 heavy (non-hydrogen) atoms. The van der Waals surface area contributed by atoms with Crippen molar-refractivity contribution in [2.75, 3.05) is 12.3 Å². The van der Waals surface area contributed by atoms with Crippen molar-refractivity contribution in [3.63, 3.8) is 0 Å². The molecule has 0 fully saturated rings. The number of aliphatic carboxylic acids is 2. The fourth-order valence-electron chi connectivity index (χ4n) is 4.18. The molecule has 1 amide bonds. The molecular weight excluding hydrogens is 504 g/mol. The molecule has 0 aliphatic rings. The van der Waals surface area contributed by atoms with Crippen LogP contribution in [0.3, 0.4) is 0 Å². The molecule has 0 rings (SSSR count). The Morgan fingerprint density at radius 2 is 1.32 bits per heavy atom. The first-order chi connectivity index (χ1) is 18.3. The van der Waals surface area contributed by atoms with Crippen LogP contribution < -0.4 is 11.1 Å². The van der Waals surface area contributed by atoms with E-state index in [0.717, 1.165) is 19.3 Å². The largest absolute Gasteiger partial charge is 0.481 e. The molecule has 8 nitrogen and oxygen atoms in total. The lowest BCUT2D eigenvalue weighted by atomic mass is 10.0. The summed E-state index contributed by atoms with van der Waals surface area (Å²) in [7, 11) is 0. The van der Waals surface area contributed by atoms with Gasteiger partial charge in [-0.05, 0) is 19.3 Å². The number of carbonyl (C=O) groups is 3. The molecule has 0 saturated heterocycles. The molecule has 0 unspecified atom stereocenters. The SMILES string of the molecule is CCCCCCCCCCCCCCCCC/C=C\[C@H](SC[C@H](N)C(=O)NCC(=O)O)[C@H](O)CCC(=O)O. The van der Waals surface area contributed by atoms with Crippen LogP contribution in [0.4, 0.5) is 0 Å². The van der Waals surface area contributed by atoms with Crippen LogP contribution in [0.15, 0.2) is 12.2 Å². The summed E-state index contributed by atoms with van der Waals surface area (Å²) in [5, 5.41) is 29.9. The van der Waals surface area contributed by atoms with E-state index in [-0.39, 0.29) is 23.8 Å². The van der Waals surface area contributed by atoms with E-state index in [9.17, 15) is 19.5 Å². The lowest BCUT2D eigenvalue weighted by Crippen LogP contribution is -2.44. The summed E-state index contributed by atoms with van der Waals surface area (Å²) in [5.41, 5.74) is 5.84. The van der Waals surface area contributed by atoms with E-state index in [4.69, 9.17) is 15.9 Å². The Morgan fingerprint density at radius 1 is 0.816 bits per heavy atom. The van der Waals surface area contributed by atoms with E-state index >= 15 is 0 Å². The summed E-state index contributed by atoms with van der Waals surface area (Å²) < 4.78 is 0. The van der Waals surface area contributed by atoms with Crippen LogP contribution in [0, 0.1) is 0 Å². The summed E-state index contributed by atoms with van der Waals surface area (Å²) in [6.45, 7) is 1.76. The maximum Gasteiger partial charge on any atom is 0.322 e. The Balaban J connectivity index is 4.08. The number of carboxylic acids is 2. The Labute approximate surface area is 234 Å². The number of nitrogens with two attached hydrogens (primary N) is 1. The fourth-order valence-corrected chi connectivity index (χ4v) is 5.34. The summed E-state index contributed by atoms with van der Waals surface area (Å²) in [6, 6.07) is -0.919. The maximum atomic E-state index is 11.9. The molecule has 0 radical (unpaired) electrons. The predicted molar refractivity (Wildman–Crippen MR) is 156 cm³/mol. The Kier molecular flexibility index (Phi) is 24.6. The number of carbonyl (C=O) groups excluding carboxylic acids is 1. The monoisotopic (exact) mass is 558 g/mol. The van der Waals surface area contributed by atoms with Crippen LogP contribution in [-0.2, 0) is 14.4 Å². The zero-order valence-corrected chi connectivity index (χ0v) is 24.4. The fraction of sp³-hybridized carbons (Fsp3) is 0.828. The number of nitrogens with one attached hydrogen (secondary N) is 1. The van der Waals surface area contributed by atoms with E-state index in [1.165, 1.54) is 95.2 Å². The highest BCUT2D eigenvalue weighted by Crippen LogP contribution is 2.21. The zero-order valence-electron chi connectivity index (χ0n) is 23.6. The molecule has 6 N–H and O–H groups in total. The van der Waals surface area contributed by atoms with E-state index in [1.54, 1.807) is 0 Å². The smallest absolute Gasteiger partial charge is 0.322 e. The van der Waals surface area contributed by atoms with Crippen LogP contribution in [0.1, 0.15) is 122 Å². The van der Waals surface area contributed by atoms with Gasteiger partial charge in [-0.15, -0.1) is 11.8 Å². The lowest BCUT2D eigenvalue weighted by Gasteiger charge is -2.21. The molecule has 0 aliphatic carbocycles. The number of hydrogen-bond donors (Lipinski definition) is 5. The third-order valence-corrected chi connectivity index (χ3v) is 7.96. The minimum atomic E-state index is -1.15. The van der Waals surface area contributed by atoms with Gasteiger partial charge in [-0.2, -0.15) is 0 Å². The number of unbranched alkanes of at least 4 members (excludes halogenated alkanes) is 15. The van der Waals surface area contributed by atoms with Gasteiger partial charge in [0.2, 0.25) is 5.91 Å². The molecule has 0 saturated carbocycles. The third-order valence-electron chi connectivity index (χ3n) is 6.55. The average molecular weight is 559 g/mol. The number of aliphatic hydroxyl groups excluding tert-OH is 1. The molecule has 0 bridgehead atoms. The third kappa shape index (κ3) is 23.5. The topological polar surface area (TPSA) is 150 Å². The highest BCUT2D eigenvalue weighted by molar-refractivity contribution is 8.00. The normalized spacial score (nSPS) is 13.9. The molecule has 3 atom stereocenters. The van der Waals surface area contributed by atoms with Crippen LogP contribution in [0.2, 0.25) is 0 Å². The molecule has 0 aromatic rings. The standard InChI is InChI=1S/C29H54N2O6S/c1-2-3-4-5-6-7-8-9-10-11-12-13-14-15-16-17-18-19-26(25(32)20-21-27(33)34)38-23-24(30)29(37)31-22-28(35)36/h18-19,24-26,32H,2-17,20-23,30H2,1H3,(H,31,37)(H,33,34)(H,35,36)/b19-18-/t24-,25+,26-/m0/s1. The van der Waals surface area contributed by atoms with Crippen LogP contribution in [0.5, 0.6) is 0 Å². The van der Waals surface area contributed by atoms with Crippen molar-refractivity contribution in [3.8, 4) is 0 Å². The zero-order chi connectivity index (χ0) is 28.4. The number of thioether (sulfide) groups is 1. The summed E-state index contributed by atoms with van der Waals surface area (Å²) >= 11 is 1.28. The maximum absolute atomic E-state index is 11.9. The number of aliphatic hydroxyl groups is 1. The summed E-state index contributed by atoms with van der Waals surface area (Å²) in [5.74, 6) is -2.51. The van der Waals surface area contributed by atoms with Crippen molar-refractivity contribution in [2.24, 2.45) is 5.73 Å². The second-order valence-corrected chi connectivity index (χ2v) is 11.4. The van der Waals surface area contributed by atoms with E-state index in [1.807, 2.05) is 12.2 Å². The van der Waals surface area contributed by atoms with Gasteiger partial charge in [-0.3, -0.25) is 14.4 Å². The van der Waals surface area contributed by atoms with Crippen LogP contribution in [-0.4, -0.2) is 62.9 Å². The van der Waals surface area contributed by atoms with Crippen molar-refractivity contribution < 1.29 is 29.7 Å². The van der Waals surface area contributed by atoms with Gasteiger partial charge in [0.1, 0.15) is 6.54 Å². The molecule has 9 heteroatoms. The van der Waals surface area contributed by atoms with Gasteiger partial charge < -0.3 is 26.4 Å². The molecule has 0 spiro atoms. The first-order valence-electron chi connectivity index (χ1n) is 14.7. The first kappa shape index (κ1) is 36.4. The number of rotatable bonds is 27. The van der Waals surface area contributed by atoms with Gasteiger partial charge in [0.05, 0.1) is 12.1 Å². The molecular formula is C29H54N2O6S. The van der Waals surface area contributed by atoms with Crippen molar-refractivity contribution in [1.82, 2.24) is 5.32 Å². The van der Waals surface area contributed by atoms with E-state index in [2.05, 4.69) is 12.2 Å². The quantitative estimate of drug-likeness (QED) is 0.0640. The Morgan fingerprint density at radius 3 is 1.79 bits per heavy atom. The van der Waals surface area contributed by atoms with Crippen molar-refractivity contribution >= 4 is 29.6 Å². The van der Waals surface area contributed by atoms with Gasteiger partial charge in [0.15, 0.2) is 0 Å². The Hall–Kier alpha value is -1.58. The highest BCUT2D eigenvalue weighted by atomic mass is 32.2. The minimum Gasteiger partial charge on any atom is -0.481 e. The van der Waals surface area contributed by atoms with Crippen molar-refractivity contribution in [2.45, 2.75) is 140 Å². The van der Waals surface area contributed by atoms with Gasteiger partial charge in [0, 0.05) is 17.4 Å². The number of allylic oxidation sites excluding steroid dienone is 1. The Bertz CT molecular complexity index is 647. The van der Waals surface area contributed by atoms with Gasteiger partial charge in [0.25, 0.3) is 0 Å². The van der Waals surface area contributed by atoms with Gasteiger partial charge in [-0.25, -0.2) is 0 Å². The molecule has 0 aromatic carbocycles. The lowest BCUT2D eigenvalue weighted by molar-refractivity contribution is -0.138. The van der Waals surface area contributed by atoms with E-state index in [0.29, 0.717) is 0 Å². The van der Waals surface area contributed by atoms with Crippen LogP contribution >= 0.6 is 11.8 Å². The van der Waals surface area contributed by atoms with Gasteiger partial charge in [-0.1, -0.05) is 109 Å². The summed E-state index contributed by atoms with van der Waals surface area (Å²) in [4.78, 5) is 33.4. The second-order valence-electron chi connectivity index (χ2n) is 10.2. The number of carboxylic acid groups (broad SMARTS) is 2. The highest BCUT2D eigenvalue weighted by Gasteiger charge is 2.21. The first-order valence-corrected chi connectivity index (χ1v) is 15.8. The molecule has 0 aromatic heterocycles. The molecule has 0 aliphatic heterocycles. The van der Waals surface area contributed by atoms with Crippen molar-refractivity contribution in [3.05, 3.63) is 12.2 Å².